The zero-order chi connectivity index (χ0) is 13.0. The first-order valence-electron chi connectivity index (χ1n) is 6.02. The lowest BCUT2D eigenvalue weighted by Gasteiger charge is -1.89. The van der Waals surface area contributed by atoms with Gasteiger partial charge in [0.05, 0.1) is 6.20 Å². The Kier molecular flexibility index (Phi) is 2.08. The van der Waals surface area contributed by atoms with Crippen molar-refractivity contribution in [3.05, 3.63) is 41.0 Å². The van der Waals surface area contributed by atoms with Gasteiger partial charge in [-0.1, -0.05) is 23.0 Å². The van der Waals surface area contributed by atoms with E-state index in [0.717, 1.165) is 32.4 Å². The fourth-order valence-electron chi connectivity index (χ4n) is 2.21. The van der Waals surface area contributed by atoms with E-state index in [1.54, 1.807) is 15.9 Å². The van der Waals surface area contributed by atoms with E-state index >= 15 is 0 Å². The number of rotatable bonds is 1. The summed E-state index contributed by atoms with van der Waals surface area (Å²) in [6.45, 7) is 4.05. The summed E-state index contributed by atoms with van der Waals surface area (Å²) in [5.74, 6) is 0.788. The second-order valence-corrected chi connectivity index (χ2v) is 5.79. The highest BCUT2D eigenvalue weighted by Gasteiger charge is 2.12. The summed E-state index contributed by atoms with van der Waals surface area (Å²) in [6.07, 6.45) is 1.91. The predicted octanol–water partition coefficient (Wildman–Crippen LogP) is 3.82. The number of hydrogen-bond acceptors (Lipinski definition) is 4. The molecule has 3 aromatic heterocycles. The van der Waals surface area contributed by atoms with Crippen LogP contribution in [0, 0.1) is 13.8 Å². The summed E-state index contributed by atoms with van der Waals surface area (Å²) in [4.78, 5) is 5.44. The highest BCUT2D eigenvalue weighted by molar-refractivity contribution is 7.16. The van der Waals surface area contributed by atoms with E-state index in [1.165, 1.54) is 5.56 Å². The maximum absolute atomic E-state index is 5.84. The van der Waals surface area contributed by atoms with Gasteiger partial charge in [-0.3, -0.25) is 0 Å². The molecule has 94 valence electrons. The van der Waals surface area contributed by atoms with Crippen molar-refractivity contribution in [2.45, 2.75) is 13.8 Å². The Morgan fingerprint density at radius 2 is 2.11 bits per heavy atom. The fraction of sp³-hybridized carbons (Fsp3) is 0.143. The van der Waals surface area contributed by atoms with Crippen LogP contribution in [-0.4, -0.2) is 14.6 Å². The molecule has 0 aliphatic heterocycles. The molecular weight excluding hydrogens is 258 g/mol. The van der Waals surface area contributed by atoms with Crippen LogP contribution in [0.1, 0.15) is 10.6 Å². The van der Waals surface area contributed by atoms with Crippen molar-refractivity contribution in [3.63, 3.8) is 0 Å². The van der Waals surface area contributed by atoms with Crippen LogP contribution in [0.5, 0.6) is 0 Å². The summed E-state index contributed by atoms with van der Waals surface area (Å²) >= 11 is 1.58. The van der Waals surface area contributed by atoms with Gasteiger partial charge in [0.1, 0.15) is 16.3 Å². The zero-order valence-corrected chi connectivity index (χ0v) is 11.4. The maximum atomic E-state index is 5.84. The smallest absolute Gasteiger partial charge is 0.212 e. The molecule has 0 radical (unpaired) electrons. The van der Waals surface area contributed by atoms with Crippen molar-refractivity contribution >= 4 is 27.3 Å². The minimum absolute atomic E-state index is 0.788. The summed E-state index contributed by atoms with van der Waals surface area (Å²) in [7, 11) is 0. The molecule has 4 rings (SSSR count). The minimum atomic E-state index is 0.788. The molecule has 5 heteroatoms. The Balaban J connectivity index is 1.90. The number of aromatic nitrogens is 3. The van der Waals surface area contributed by atoms with Crippen molar-refractivity contribution in [1.82, 2.24) is 14.6 Å². The van der Waals surface area contributed by atoms with Crippen LogP contribution in [0.4, 0.5) is 0 Å². The normalized spacial score (nSPS) is 11.7. The fourth-order valence-corrected chi connectivity index (χ4v) is 2.93. The molecule has 19 heavy (non-hydrogen) atoms. The van der Waals surface area contributed by atoms with Crippen LogP contribution in [-0.2, 0) is 0 Å². The van der Waals surface area contributed by atoms with E-state index < -0.39 is 0 Å². The number of benzene rings is 1. The van der Waals surface area contributed by atoms with Gasteiger partial charge in [-0.15, -0.1) is 0 Å². The number of hydrogen-bond donors (Lipinski definition) is 0. The molecule has 4 nitrogen and oxygen atoms in total. The molecule has 0 N–H and O–H groups in total. The highest BCUT2D eigenvalue weighted by Crippen LogP contribution is 2.28. The van der Waals surface area contributed by atoms with Gasteiger partial charge in [0.2, 0.25) is 4.96 Å². The second kappa shape index (κ2) is 3.68. The number of imidazole rings is 1. The molecule has 1 aromatic carbocycles. The molecule has 3 heterocycles. The summed E-state index contributed by atoms with van der Waals surface area (Å²) in [5.41, 5.74) is 2.94. The van der Waals surface area contributed by atoms with E-state index in [4.69, 9.17) is 4.42 Å². The Morgan fingerprint density at radius 1 is 1.21 bits per heavy atom. The van der Waals surface area contributed by atoms with Gasteiger partial charge in [0.25, 0.3) is 0 Å². The highest BCUT2D eigenvalue weighted by atomic mass is 32.1. The van der Waals surface area contributed by atoms with Crippen LogP contribution < -0.4 is 0 Å². The predicted molar refractivity (Wildman–Crippen MR) is 75.5 cm³/mol. The molecule has 0 saturated carbocycles. The number of fused-ring (bicyclic) bond motifs is 2. The monoisotopic (exact) mass is 269 g/mol. The van der Waals surface area contributed by atoms with Crippen molar-refractivity contribution in [2.75, 3.05) is 0 Å². The third-order valence-corrected chi connectivity index (χ3v) is 3.91. The van der Waals surface area contributed by atoms with Crippen LogP contribution in [0.2, 0.25) is 0 Å². The Bertz CT molecular complexity index is 868. The van der Waals surface area contributed by atoms with Gasteiger partial charge in [-0.2, -0.15) is 5.10 Å². The Hall–Kier alpha value is -2.14. The van der Waals surface area contributed by atoms with Gasteiger partial charge in [-0.25, -0.2) is 9.50 Å². The van der Waals surface area contributed by atoms with E-state index in [-0.39, 0.29) is 0 Å². The summed E-state index contributed by atoms with van der Waals surface area (Å²) in [5, 5.41) is 6.47. The van der Waals surface area contributed by atoms with Crippen molar-refractivity contribution in [3.8, 4) is 11.5 Å². The van der Waals surface area contributed by atoms with Crippen molar-refractivity contribution in [2.24, 2.45) is 0 Å². The van der Waals surface area contributed by atoms with Gasteiger partial charge < -0.3 is 4.42 Å². The number of aryl methyl sites for hydroxylation is 2. The lowest BCUT2D eigenvalue weighted by molar-refractivity contribution is 0.629. The molecule has 4 aromatic rings. The average molecular weight is 269 g/mol. The molecule has 0 amide bonds. The molecule has 0 spiro atoms. The summed E-state index contributed by atoms with van der Waals surface area (Å²) in [6, 6.07) is 8.19. The molecule has 0 bridgehead atoms. The standard InChI is InChI=1S/C14H11N3OS/c1-8-3-4-12-10(5-8)6-13(18-12)11-7-17-14(15-11)19-9(2)16-17/h3-7H,1-2H3. The Morgan fingerprint density at radius 3 is 2.95 bits per heavy atom. The van der Waals surface area contributed by atoms with Gasteiger partial charge in [-0.05, 0) is 32.0 Å². The van der Waals surface area contributed by atoms with Crippen LogP contribution in [0.25, 0.3) is 27.4 Å². The van der Waals surface area contributed by atoms with Gasteiger partial charge in [0.15, 0.2) is 5.76 Å². The zero-order valence-electron chi connectivity index (χ0n) is 10.5. The largest absolute Gasteiger partial charge is 0.454 e. The van der Waals surface area contributed by atoms with Crippen molar-refractivity contribution in [1.29, 1.82) is 0 Å². The lowest BCUT2D eigenvalue weighted by atomic mass is 10.2. The van der Waals surface area contributed by atoms with Crippen molar-refractivity contribution < 1.29 is 4.42 Å². The number of nitrogens with zero attached hydrogens (tertiary/aromatic N) is 3. The first-order valence-corrected chi connectivity index (χ1v) is 6.84. The second-order valence-electron chi connectivity index (χ2n) is 4.63. The SMILES string of the molecule is Cc1ccc2oc(-c3cn4nc(C)sc4n3)cc2c1. The first kappa shape index (κ1) is 10.8. The van der Waals surface area contributed by atoms with E-state index in [9.17, 15) is 0 Å². The third kappa shape index (κ3) is 1.66. The van der Waals surface area contributed by atoms with E-state index in [0.29, 0.717) is 0 Å². The molecule has 0 aliphatic carbocycles. The number of furan rings is 1. The molecule has 0 aliphatic rings. The van der Waals surface area contributed by atoms with Crippen LogP contribution >= 0.6 is 11.3 Å². The van der Waals surface area contributed by atoms with E-state index in [2.05, 4.69) is 23.1 Å². The van der Waals surface area contributed by atoms with Gasteiger partial charge in [0, 0.05) is 5.39 Å². The minimum Gasteiger partial charge on any atom is -0.454 e. The molecule has 0 fully saturated rings. The first-order chi connectivity index (χ1) is 9.19. The average Bonchev–Trinajstić information content (AvgIpc) is 2.99. The van der Waals surface area contributed by atoms with Crippen LogP contribution in [0.15, 0.2) is 34.9 Å². The molecular formula is C14H11N3OS. The molecule has 0 saturated heterocycles. The summed E-state index contributed by atoms with van der Waals surface area (Å²) < 4.78 is 7.64. The molecule has 0 unspecified atom stereocenters. The van der Waals surface area contributed by atoms with Crippen LogP contribution in [0.3, 0.4) is 0 Å². The Labute approximate surface area is 113 Å². The topological polar surface area (TPSA) is 43.3 Å². The lowest BCUT2D eigenvalue weighted by Crippen LogP contribution is -1.79. The third-order valence-electron chi connectivity index (χ3n) is 3.07. The quantitative estimate of drug-likeness (QED) is 0.527. The maximum Gasteiger partial charge on any atom is 0.212 e. The van der Waals surface area contributed by atoms with Gasteiger partial charge >= 0.3 is 0 Å². The molecule has 0 atom stereocenters. The van der Waals surface area contributed by atoms with E-state index in [1.807, 2.05) is 31.3 Å².